The molecule has 0 radical (unpaired) electrons. The number of hydrogen-bond acceptors (Lipinski definition) is 13. The van der Waals surface area contributed by atoms with Gasteiger partial charge in [-0.2, -0.15) is 0 Å². The summed E-state index contributed by atoms with van der Waals surface area (Å²) in [6.07, 6.45) is 5.61. The van der Waals surface area contributed by atoms with Crippen LogP contribution < -0.4 is 26.6 Å². The van der Waals surface area contributed by atoms with E-state index in [1.807, 2.05) is 30.3 Å². The molecule has 0 spiro atoms. The molecule has 2 aliphatic rings. The second-order valence-corrected chi connectivity index (χ2v) is 16.9. The average molecular weight is 861 g/mol. The Bertz CT molecular complexity index is 2380. The summed E-state index contributed by atoms with van der Waals surface area (Å²) in [5.74, 6) is -3.58. The highest BCUT2D eigenvalue weighted by atomic mass is 32.2. The number of imide groups is 2. The number of aromatic nitrogens is 2. The highest BCUT2D eigenvalue weighted by Gasteiger charge is 2.44. The first-order chi connectivity index (χ1) is 28.8. The molecule has 60 heavy (non-hydrogen) atoms. The molecule has 316 valence electrons. The maximum absolute atomic E-state index is 13.4. The number of fused-ring (bicyclic) bond motifs is 1. The molecule has 2 aromatic carbocycles. The summed E-state index contributed by atoms with van der Waals surface area (Å²) in [5, 5.41) is 15.8. The minimum atomic E-state index is -3.61. The van der Waals surface area contributed by atoms with E-state index in [9.17, 15) is 42.0 Å². The number of piperidine rings is 1. The van der Waals surface area contributed by atoms with Gasteiger partial charge in [0.1, 0.15) is 12.1 Å². The van der Waals surface area contributed by atoms with Crippen molar-refractivity contribution in [2.24, 2.45) is 0 Å². The van der Waals surface area contributed by atoms with Gasteiger partial charge in [0, 0.05) is 68.2 Å². The Morgan fingerprint density at radius 3 is 2.48 bits per heavy atom. The maximum atomic E-state index is 13.4. The lowest BCUT2D eigenvalue weighted by atomic mass is 10.0. The van der Waals surface area contributed by atoms with Gasteiger partial charge < -0.3 is 26.0 Å². The summed E-state index contributed by atoms with van der Waals surface area (Å²) < 4.78 is 30.4. The van der Waals surface area contributed by atoms with E-state index in [2.05, 4.69) is 31.6 Å². The van der Waals surface area contributed by atoms with Gasteiger partial charge in [-0.15, -0.1) is 11.3 Å². The van der Waals surface area contributed by atoms with Crippen molar-refractivity contribution in [3.63, 3.8) is 0 Å². The number of amides is 7. The number of carbonyl (C=O) groups excluding carboxylic acids is 7. The molecule has 7 amide bonds. The molecule has 6 rings (SSSR count). The Labute approximate surface area is 349 Å². The Kier molecular flexibility index (Phi) is 14.2. The lowest BCUT2D eigenvalue weighted by molar-refractivity contribution is -0.136. The van der Waals surface area contributed by atoms with E-state index in [1.165, 1.54) is 29.7 Å². The van der Waals surface area contributed by atoms with Crippen LogP contribution in [0.1, 0.15) is 76.0 Å². The molecule has 0 aliphatic carbocycles. The van der Waals surface area contributed by atoms with Crippen molar-refractivity contribution in [2.75, 3.05) is 43.2 Å². The molecule has 4 aromatic rings. The van der Waals surface area contributed by atoms with Crippen LogP contribution in [0.15, 0.2) is 72.4 Å². The molecule has 4 heterocycles. The maximum Gasteiger partial charge on any atom is 0.262 e. The standard InChI is InChI=1S/C40H44N8O10S2/c1-60(56,57)47-19-15-26(23-47)35(51)43-30(36(52)46-40-44-31(24-59-40)25-8-3-2-4-9-25)16-21-58-20-7-10-33(49)42-18-6-5-17-41-27-11-12-28-29(22-27)39(55)48(38(28)54)32-13-14-34(50)45-37(32)53/h2-4,8-9,11-12,15,19,22-24,30,32,41H,5-7,10,13-14,16-18,20-21H2,1H3,(H,42,49)(H,43,51)(H,44,46,52)(H,45,50,53)/t30-,32?/m0/s1. The molecule has 0 saturated carbocycles. The molecular formula is C40H44N8O10S2. The minimum Gasteiger partial charge on any atom is -0.385 e. The highest BCUT2D eigenvalue weighted by molar-refractivity contribution is 7.89. The van der Waals surface area contributed by atoms with E-state index < -0.39 is 57.6 Å². The average Bonchev–Trinajstić information content (AvgIpc) is 3.97. The van der Waals surface area contributed by atoms with Crippen LogP contribution in [-0.4, -0.2) is 108 Å². The Morgan fingerprint density at radius 2 is 1.73 bits per heavy atom. The molecule has 2 atom stereocenters. The fourth-order valence-electron chi connectivity index (χ4n) is 6.51. The van der Waals surface area contributed by atoms with Crippen LogP contribution in [0.3, 0.4) is 0 Å². The summed E-state index contributed by atoms with van der Waals surface area (Å²) in [6.45, 7) is 1.28. The summed E-state index contributed by atoms with van der Waals surface area (Å²) in [4.78, 5) is 94.0. The molecule has 20 heteroatoms. The zero-order valence-electron chi connectivity index (χ0n) is 32.6. The van der Waals surface area contributed by atoms with E-state index in [0.717, 1.165) is 26.9 Å². The number of hydrogen-bond donors (Lipinski definition) is 5. The third-order valence-corrected chi connectivity index (χ3v) is 11.4. The second kappa shape index (κ2) is 19.7. The fraction of sp³-hybridized carbons (Fsp3) is 0.350. The number of rotatable bonds is 20. The Balaban J connectivity index is 0.887. The van der Waals surface area contributed by atoms with Gasteiger partial charge in [-0.1, -0.05) is 30.3 Å². The molecular weight excluding hydrogens is 817 g/mol. The molecule has 1 fully saturated rings. The first kappa shape index (κ1) is 43.3. The fourth-order valence-corrected chi connectivity index (χ4v) is 7.82. The normalized spacial score (nSPS) is 15.6. The largest absolute Gasteiger partial charge is 0.385 e. The van der Waals surface area contributed by atoms with Crippen LogP contribution in [0.4, 0.5) is 10.8 Å². The lowest BCUT2D eigenvalue weighted by Gasteiger charge is -2.27. The van der Waals surface area contributed by atoms with Gasteiger partial charge in [0.15, 0.2) is 5.13 Å². The quantitative estimate of drug-likeness (QED) is 0.0637. The van der Waals surface area contributed by atoms with Crippen LogP contribution in [0.2, 0.25) is 0 Å². The summed E-state index contributed by atoms with van der Waals surface area (Å²) >= 11 is 1.23. The number of unbranched alkanes of at least 4 members (excludes halogenated alkanes) is 1. The second-order valence-electron chi connectivity index (χ2n) is 14.1. The van der Waals surface area contributed by atoms with Gasteiger partial charge in [0.2, 0.25) is 33.7 Å². The number of benzene rings is 2. The Hall–Kier alpha value is -6.25. The van der Waals surface area contributed by atoms with Gasteiger partial charge >= 0.3 is 0 Å². The number of thiazole rings is 1. The minimum absolute atomic E-state index is 0.0436. The van der Waals surface area contributed by atoms with Crippen molar-refractivity contribution < 1.29 is 46.7 Å². The van der Waals surface area contributed by atoms with Gasteiger partial charge in [0.25, 0.3) is 17.7 Å². The molecule has 5 N–H and O–H groups in total. The van der Waals surface area contributed by atoms with E-state index in [1.54, 1.807) is 17.5 Å². The molecule has 1 saturated heterocycles. The topological polar surface area (TPSA) is 244 Å². The van der Waals surface area contributed by atoms with Crippen molar-refractivity contribution in [2.45, 2.75) is 57.0 Å². The smallest absolute Gasteiger partial charge is 0.262 e. The number of carbonyl (C=O) groups is 7. The van der Waals surface area contributed by atoms with Gasteiger partial charge in [-0.3, -0.25) is 47.8 Å². The van der Waals surface area contributed by atoms with E-state index in [4.69, 9.17) is 4.74 Å². The first-order valence-corrected chi connectivity index (χ1v) is 22.0. The summed E-state index contributed by atoms with van der Waals surface area (Å²) in [6, 6.07) is 13.5. The van der Waals surface area contributed by atoms with Gasteiger partial charge in [-0.05, 0) is 56.4 Å². The van der Waals surface area contributed by atoms with Crippen molar-refractivity contribution in [3.8, 4) is 11.3 Å². The predicted octanol–water partition coefficient (Wildman–Crippen LogP) is 2.75. The van der Waals surface area contributed by atoms with Crippen molar-refractivity contribution >= 4 is 73.5 Å². The lowest BCUT2D eigenvalue weighted by Crippen LogP contribution is -2.54. The van der Waals surface area contributed by atoms with Crippen LogP contribution in [-0.2, 0) is 33.9 Å². The zero-order valence-corrected chi connectivity index (χ0v) is 34.2. The number of anilines is 2. The van der Waals surface area contributed by atoms with E-state index in [0.29, 0.717) is 48.9 Å². The van der Waals surface area contributed by atoms with Crippen molar-refractivity contribution in [1.29, 1.82) is 0 Å². The van der Waals surface area contributed by atoms with E-state index >= 15 is 0 Å². The van der Waals surface area contributed by atoms with Gasteiger partial charge in [0.05, 0.1) is 28.6 Å². The van der Waals surface area contributed by atoms with Crippen LogP contribution in [0.25, 0.3) is 11.3 Å². The van der Waals surface area contributed by atoms with Crippen LogP contribution in [0.5, 0.6) is 0 Å². The summed E-state index contributed by atoms with van der Waals surface area (Å²) in [7, 11) is -3.61. The number of ether oxygens (including phenoxy) is 1. The third-order valence-electron chi connectivity index (χ3n) is 9.68. The first-order valence-electron chi connectivity index (χ1n) is 19.2. The van der Waals surface area contributed by atoms with Crippen molar-refractivity contribution in [3.05, 3.63) is 89.1 Å². The molecule has 2 aromatic heterocycles. The van der Waals surface area contributed by atoms with Gasteiger partial charge in [-0.25, -0.2) is 13.4 Å². The SMILES string of the molecule is CS(=O)(=O)n1ccc(C(=O)N[C@@H](CCOCCCC(=O)NCCCCNc2ccc3c(c2)C(=O)N(C2CCC(=O)NC2=O)C3=O)C(=O)Nc2nc(-c3ccccc3)cs2)c1. The molecule has 0 bridgehead atoms. The number of nitrogens with one attached hydrogen (secondary N) is 5. The molecule has 1 unspecified atom stereocenters. The predicted molar refractivity (Wildman–Crippen MR) is 221 cm³/mol. The highest BCUT2D eigenvalue weighted by Crippen LogP contribution is 2.30. The third kappa shape index (κ3) is 11.1. The van der Waals surface area contributed by atoms with Crippen LogP contribution in [0, 0.1) is 0 Å². The van der Waals surface area contributed by atoms with Crippen molar-refractivity contribution in [1.82, 2.24) is 29.8 Å². The Morgan fingerprint density at radius 1 is 0.967 bits per heavy atom. The van der Waals surface area contributed by atoms with Crippen LogP contribution >= 0.6 is 11.3 Å². The van der Waals surface area contributed by atoms with E-state index in [-0.39, 0.29) is 61.5 Å². The number of nitrogens with zero attached hydrogens (tertiary/aromatic N) is 3. The monoisotopic (exact) mass is 860 g/mol. The molecule has 2 aliphatic heterocycles. The zero-order chi connectivity index (χ0) is 42.8. The molecule has 18 nitrogen and oxygen atoms in total. The summed E-state index contributed by atoms with van der Waals surface area (Å²) in [5.41, 5.74) is 2.62.